The van der Waals surface area contributed by atoms with Crippen LogP contribution in [0.25, 0.3) is 0 Å². The van der Waals surface area contributed by atoms with E-state index in [0.29, 0.717) is 12.8 Å². The third-order valence-electron chi connectivity index (χ3n) is 4.96. The van der Waals surface area contributed by atoms with Crippen molar-refractivity contribution in [2.45, 2.75) is 57.7 Å². The van der Waals surface area contributed by atoms with Crippen LogP contribution in [0.4, 0.5) is 0 Å². The summed E-state index contributed by atoms with van der Waals surface area (Å²) in [7, 11) is 0. The fourth-order valence-corrected chi connectivity index (χ4v) is 3.01. The number of esters is 2. The Kier molecular flexibility index (Phi) is 14.4. The maximum absolute atomic E-state index is 12.9. The monoisotopic (exact) mass is 488 g/mol. The minimum atomic E-state index is -1.25. The molecule has 0 saturated carbocycles. The Hall–Kier alpha value is -3.46. The van der Waals surface area contributed by atoms with Gasteiger partial charge >= 0.3 is 11.9 Å². The second kappa shape index (κ2) is 17.0. The van der Waals surface area contributed by atoms with E-state index in [0.717, 1.165) is 5.56 Å². The summed E-state index contributed by atoms with van der Waals surface area (Å²) >= 11 is 0. The first-order valence-corrected chi connectivity index (χ1v) is 11.6. The van der Waals surface area contributed by atoms with Crippen molar-refractivity contribution < 1.29 is 33.8 Å². The first-order valence-electron chi connectivity index (χ1n) is 11.6. The fourth-order valence-electron chi connectivity index (χ4n) is 3.01. The van der Waals surface area contributed by atoms with Gasteiger partial charge < -0.3 is 25.2 Å². The fraction of sp³-hybridized carbons (Fsp3) is 0.462. The molecule has 1 aromatic carbocycles. The largest absolute Gasteiger partial charge is 0.463 e. The van der Waals surface area contributed by atoms with Crippen LogP contribution in [0.2, 0.25) is 0 Å². The predicted octanol–water partition coefficient (Wildman–Crippen LogP) is 2.19. The molecule has 3 N–H and O–H groups in total. The summed E-state index contributed by atoms with van der Waals surface area (Å²) in [4.78, 5) is 49.9. The van der Waals surface area contributed by atoms with Crippen molar-refractivity contribution in [2.75, 3.05) is 13.2 Å². The number of ether oxygens (including phenoxy) is 2. The van der Waals surface area contributed by atoms with E-state index in [1.54, 1.807) is 37.3 Å². The number of allylic oxidation sites excluding steroid dienone is 2. The molecule has 2 amide bonds. The molecular weight excluding hydrogens is 452 g/mol. The zero-order chi connectivity index (χ0) is 26.1. The average Bonchev–Trinajstić information content (AvgIpc) is 2.85. The van der Waals surface area contributed by atoms with Crippen LogP contribution >= 0.6 is 0 Å². The zero-order valence-corrected chi connectivity index (χ0v) is 20.2. The van der Waals surface area contributed by atoms with Gasteiger partial charge in [0.15, 0.2) is 6.04 Å². The van der Waals surface area contributed by atoms with Crippen molar-refractivity contribution in [1.29, 1.82) is 0 Å². The molecule has 9 heteroatoms. The molecule has 0 aliphatic rings. The number of aliphatic hydroxyl groups excluding tert-OH is 1. The molecule has 0 radical (unpaired) electrons. The number of benzene rings is 1. The average molecular weight is 489 g/mol. The van der Waals surface area contributed by atoms with Gasteiger partial charge in [-0.05, 0) is 31.7 Å². The van der Waals surface area contributed by atoms with Gasteiger partial charge in [-0.25, -0.2) is 4.79 Å². The van der Waals surface area contributed by atoms with Crippen molar-refractivity contribution in [3.05, 3.63) is 61.2 Å². The highest BCUT2D eigenvalue weighted by Gasteiger charge is 2.29. The summed E-state index contributed by atoms with van der Waals surface area (Å²) in [6.07, 6.45) is 4.54. The molecular formula is C26H36N2O7. The molecule has 1 aromatic rings. The first kappa shape index (κ1) is 29.6. The molecule has 0 aliphatic carbocycles. The van der Waals surface area contributed by atoms with Gasteiger partial charge in [0.25, 0.3) is 0 Å². The van der Waals surface area contributed by atoms with Crippen LogP contribution < -0.4 is 10.6 Å². The molecule has 3 atom stereocenters. The van der Waals surface area contributed by atoms with Crippen LogP contribution in [-0.4, -0.2) is 54.2 Å². The van der Waals surface area contributed by atoms with Crippen LogP contribution in [0.15, 0.2) is 55.6 Å². The lowest BCUT2D eigenvalue weighted by atomic mass is 9.99. The van der Waals surface area contributed by atoms with Gasteiger partial charge in [0.2, 0.25) is 11.8 Å². The van der Waals surface area contributed by atoms with E-state index in [-0.39, 0.29) is 32.5 Å². The van der Waals surface area contributed by atoms with Crippen molar-refractivity contribution >= 4 is 23.8 Å². The molecule has 0 aromatic heterocycles. The Labute approximate surface area is 206 Å². The Morgan fingerprint density at radius 2 is 1.77 bits per heavy atom. The third-order valence-corrected chi connectivity index (χ3v) is 4.96. The molecule has 35 heavy (non-hydrogen) atoms. The Morgan fingerprint density at radius 3 is 2.40 bits per heavy atom. The minimum Gasteiger partial charge on any atom is -0.463 e. The standard InChI is InChI=1S/C26H36N2O7/c1-4-6-8-14-24(31)34-18-22(26(33)35-17-20-12-9-7-10-13-20)28-25(32)21(11-5-2)15-23(30)27-19(3)16-29/h4-5,7,9-10,12-13,19,21-22,29H,1-2,6,8,11,14-18H2,3H3,(H,27,30)(H,28,32). The van der Waals surface area contributed by atoms with Gasteiger partial charge in [0.1, 0.15) is 13.2 Å². The molecule has 0 bridgehead atoms. The van der Waals surface area contributed by atoms with E-state index in [1.807, 2.05) is 6.07 Å². The normalized spacial score (nSPS) is 13.0. The Morgan fingerprint density at radius 1 is 1.06 bits per heavy atom. The highest BCUT2D eigenvalue weighted by atomic mass is 16.6. The van der Waals surface area contributed by atoms with E-state index < -0.39 is 48.4 Å². The van der Waals surface area contributed by atoms with Gasteiger partial charge in [-0.2, -0.15) is 0 Å². The summed E-state index contributed by atoms with van der Waals surface area (Å²) in [5.74, 6) is -3.10. The number of carbonyl (C=O) groups is 4. The van der Waals surface area contributed by atoms with Crippen molar-refractivity contribution in [3.63, 3.8) is 0 Å². The maximum Gasteiger partial charge on any atom is 0.332 e. The van der Waals surface area contributed by atoms with Gasteiger partial charge in [-0.3, -0.25) is 14.4 Å². The summed E-state index contributed by atoms with van der Waals surface area (Å²) in [6.45, 7) is 8.19. The quantitative estimate of drug-likeness (QED) is 0.174. The van der Waals surface area contributed by atoms with Gasteiger partial charge in [-0.1, -0.05) is 42.5 Å². The van der Waals surface area contributed by atoms with Gasteiger partial charge in [0.05, 0.1) is 12.5 Å². The van der Waals surface area contributed by atoms with Crippen molar-refractivity contribution in [2.24, 2.45) is 5.92 Å². The Bertz CT molecular complexity index is 841. The van der Waals surface area contributed by atoms with Crippen molar-refractivity contribution in [3.8, 4) is 0 Å². The van der Waals surface area contributed by atoms with E-state index in [9.17, 15) is 19.2 Å². The number of aliphatic hydroxyl groups is 1. The van der Waals surface area contributed by atoms with E-state index in [1.165, 1.54) is 6.08 Å². The summed E-state index contributed by atoms with van der Waals surface area (Å²) < 4.78 is 10.5. The lowest BCUT2D eigenvalue weighted by Gasteiger charge is -2.21. The Balaban J connectivity index is 2.84. The number of hydrogen-bond donors (Lipinski definition) is 3. The molecule has 0 aliphatic heterocycles. The number of carbonyl (C=O) groups excluding carboxylic acids is 4. The van der Waals surface area contributed by atoms with E-state index >= 15 is 0 Å². The molecule has 0 heterocycles. The third kappa shape index (κ3) is 12.5. The number of amides is 2. The molecule has 192 valence electrons. The smallest absolute Gasteiger partial charge is 0.332 e. The second-order valence-electron chi connectivity index (χ2n) is 8.09. The second-order valence-corrected chi connectivity index (χ2v) is 8.09. The number of rotatable bonds is 17. The topological polar surface area (TPSA) is 131 Å². The number of nitrogens with one attached hydrogen (secondary N) is 2. The van der Waals surface area contributed by atoms with Crippen LogP contribution in [0.1, 0.15) is 44.6 Å². The van der Waals surface area contributed by atoms with Crippen molar-refractivity contribution in [1.82, 2.24) is 10.6 Å². The van der Waals surface area contributed by atoms with Crippen LogP contribution in [-0.2, 0) is 35.3 Å². The number of unbranched alkanes of at least 4 members (excludes halogenated alkanes) is 1. The summed E-state index contributed by atoms with van der Waals surface area (Å²) in [5, 5.41) is 14.2. The lowest BCUT2D eigenvalue weighted by molar-refractivity contribution is -0.155. The minimum absolute atomic E-state index is 0.0170. The lowest BCUT2D eigenvalue weighted by Crippen LogP contribution is -2.48. The SMILES string of the molecule is C=CCCCC(=O)OCC(NC(=O)C(CC=C)CC(=O)NC(C)CO)C(=O)OCc1ccccc1. The molecule has 3 unspecified atom stereocenters. The highest BCUT2D eigenvalue weighted by Crippen LogP contribution is 2.12. The van der Waals surface area contributed by atoms with Gasteiger partial charge in [0, 0.05) is 18.9 Å². The molecule has 0 saturated heterocycles. The summed E-state index contributed by atoms with van der Waals surface area (Å²) in [6, 6.07) is 7.29. The van der Waals surface area contributed by atoms with Crippen LogP contribution in [0.5, 0.6) is 0 Å². The molecule has 9 nitrogen and oxygen atoms in total. The zero-order valence-electron chi connectivity index (χ0n) is 20.2. The predicted molar refractivity (Wildman–Crippen MR) is 131 cm³/mol. The maximum atomic E-state index is 12.9. The number of hydrogen-bond acceptors (Lipinski definition) is 7. The first-order chi connectivity index (χ1) is 16.8. The van der Waals surface area contributed by atoms with E-state index in [2.05, 4.69) is 23.8 Å². The van der Waals surface area contributed by atoms with Crippen LogP contribution in [0.3, 0.4) is 0 Å². The van der Waals surface area contributed by atoms with E-state index in [4.69, 9.17) is 14.6 Å². The van der Waals surface area contributed by atoms with Gasteiger partial charge in [-0.15, -0.1) is 13.2 Å². The highest BCUT2D eigenvalue weighted by molar-refractivity contribution is 5.89. The molecule has 1 rings (SSSR count). The summed E-state index contributed by atoms with van der Waals surface area (Å²) in [5.41, 5.74) is 0.756. The van der Waals surface area contributed by atoms with Crippen LogP contribution in [0, 0.1) is 5.92 Å². The molecule has 0 spiro atoms. The molecule has 0 fully saturated rings.